The molecule has 512 valence electrons. The molecule has 0 spiro atoms. The molecule has 1 fully saturated rings. The molecule has 10 nitrogen and oxygen atoms in total. The van der Waals surface area contributed by atoms with Gasteiger partial charge in [-0.15, -0.1) is 89.3 Å². The zero-order valence-corrected chi connectivity index (χ0v) is 76.1. The van der Waals surface area contributed by atoms with Crippen LogP contribution in [-0.2, 0) is 29.0 Å². The lowest BCUT2D eigenvalue weighted by Crippen LogP contribution is -2.41. The van der Waals surface area contributed by atoms with E-state index in [-0.39, 0.29) is 128 Å². The lowest BCUT2D eigenvalue weighted by Gasteiger charge is -2.43. The highest BCUT2D eigenvalue weighted by molar-refractivity contribution is 9.33. The monoisotopic (exact) mass is 1750 g/mol. The maximum absolute atomic E-state index is 13.3. The lowest BCUT2D eigenvalue weighted by atomic mass is 9.79. The molecule has 10 unspecified atom stereocenters. The molecule has 0 amide bonds. The summed E-state index contributed by atoms with van der Waals surface area (Å²) in [4.78, 5) is 25.8. The fraction of sp³-hybridized carbons (Fsp3) is 0.0882. The summed E-state index contributed by atoms with van der Waals surface area (Å²) < 4.78 is 68.9. The molecule has 2 aromatic heterocycles. The van der Waals surface area contributed by atoms with Crippen LogP contribution in [0.1, 0.15) is 59.5 Å². The van der Waals surface area contributed by atoms with E-state index < -0.39 is 19.7 Å². The second-order valence-corrected chi connectivity index (χ2v) is 99.2. The van der Waals surface area contributed by atoms with Gasteiger partial charge in [0.15, 0.2) is 11.6 Å². The number of sulfone groups is 2. The molecule has 12 aromatic rings. The van der Waals surface area contributed by atoms with E-state index in [1.54, 1.807) is 66.7 Å². The number of carbonyl (C=O) groups is 2. The normalized spacial score (nSPS) is 15.5. The SMILES string of the molecule is CC1(C)OB(c2cccc(-n3c4ccccc4c4ccccc43)c2)OC1(C)C.O=C1c2ccccc2S(=O)(=O)c2ccc(-c3cccc(-n4c5ccccc5c5ccccc54)c3)cc21.O=C1c2ccccc2S(=O)(=O)c2ccc(Br)cc21.PP(P)P(P(P)P)P(P(P)P)P(P(P)P)P(P)P. The Balaban J connectivity index is 0.000000133. The van der Waals surface area contributed by atoms with Crippen molar-refractivity contribution in [3.8, 4) is 22.5 Å². The van der Waals surface area contributed by atoms with Crippen molar-refractivity contribution < 1.29 is 35.7 Å². The number of rotatable bonds is 11. The molecule has 10 aromatic carbocycles. The summed E-state index contributed by atoms with van der Waals surface area (Å²) in [5.74, 6) is -0.521. The van der Waals surface area contributed by atoms with E-state index >= 15 is 0 Å². The number of hydrogen-bond donors (Lipinski definition) is 0. The van der Waals surface area contributed by atoms with Gasteiger partial charge < -0.3 is 18.4 Å². The first-order valence-electron chi connectivity index (χ1n) is 30.7. The molecule has 0 radical (unpaired) electrons. The number of aromatic nitrogens is 2. The number of para-hydroxylation sites is 4. The molecule has 3 aliphatic heterocycles. The summed E-state index contributed by atoms with van der Waals surface area (Å²) in [6.07, 6.45) is 0. The van der Waals surface area contributed by atoms with Crippen molar-refractivity contribution in [2.24, 2.45) is 0 Å². The second kappa shape index (κ2) is 32.8. The summed E-state index contributed by atoms with van der Waals surface area (Å²) in [5, 5.41) is 4.89. The Morgan fingerprint density at radius 2 is 0.700 bits per heavy atom. The van der Waals surface area contributed by atoms with Gasteiger partial charge in [0.1, 0.15) is 0 Å². The Morgan fingerprint density at radius 1 is 0.360 bits per heavy atom. The van der Waals surface area contributed by atoms with Crippen LogP contribution in [0.4, 0.5) is 0 Å². The van der Waals surface area contributed by atoms with Crippen molar-refractivity contribution in [3.05, 3.63) is 257 Å². The molecule has 0 bridgehead atoms. The summed E-state index contributed by atoms with van der Waals surface area (Å²) in [6, 6.07) is 72.7. The molecule has 1 saturated heterocycles. The van der Waals surface area contributed by atoms with Crippen molar-refractivity contribution in [2.45, 2.75) is 58.5 Å². The quantitative estimate of drug-likeness (QED) is 0.0924. The van der Waals surface area contributed by atoms with Crippen LogP contribution in [0.25, 0.3) is 66.1 Å². The largest absolute Gasteiger partial charge is 0.494 e. The van der Waals surface area contributed by atoms with Gasteiger partial charge in [-0.1, -0.05) is 143 Å². The van der Waals surface area contributed by atoms with Crippen molar-refractivity contribution in [1.29, 1.82) is 0 Å². The van der Waals surface area contributed by atoms with Crippen molar-refractivity contribution in [2.75, 3.05) is 0 Å². The first-order chi connectivity index (χ1) is 47.5. The molecular formula is C68H70BBrN2O8P18S2. The van der Waals surface area contributed by atoms with E-state index in [1.165, 1.54) is 50.8 Å². The maximum Gasteiger partial charge on any atom is 0.494 e. The molecule has 5 heterocycles. The van der Waals surface area contributed by atoms with Gasteiger partial charge in [-0.3, -0.25) is 9.59 Å². The number of carbonyl (C=O) groups excluding carboxylic acids is 2. The van der Waals surface area contributed by atoms with E-state index in [1.807, 2.05) is 36.4 Å². The lowest BCUT2D eigenvalue weighted by molar-refractivity contribution is 0.00578. The van der Waals surface area contributed by atoms with Crippen LogP contribution in [0.3, 0.4) is 0 Å². The van der Waals surface area contributed by atoms with Crippen molar-refractivity contribution in [3.63, 3.8) is 0 Å². The molecule has 0 saturated carbocycles. The number of hydrogen-bond acceptors (Lipinski definition) is 8. The van der Waals surface area contributed by atoms with Gasteiger partial charge in [0.05, 0.1) is 52.9 Å². The third-order valence-corrected chi connectivity index (χ3v) is 130. The topological polar surface area (TPSA) is 131 Å². The zero-order chi connectivity index (χ0) is 71.5. The fourth-order valence-electron chi connectivity index (χ4n) is 12.2. The predicted molar refractivity (Wildman–Crippen MR) is 480 cm³/mol. The van der Waals surface area contributed by atoms with Crippen LogP contribution in [0.15, 0.2) is 255 Å². The van der Waals surface area contributed by atoms with E-state index in [2.05, 4.69) is 251 Å². The number of benzene rings is 10. The molecular weight excluding hydrogens is 1690 g/mol. The molecule has 3 aliphatic rings. The first kappa shape index (κ1) is 78.8. The Morgan fingerprint density at radius 3 is 1.12 bits per heavy atom. The first-order valence-corrected chi connectivity index (χ1v) is 66.3. The van der Waals surface area contributed by atoms with Crippen LogP contribution < -0.4 is 5.46 Å². The van der Waals surface area contributed by atoms with E-state index in [0.29, 0.717) is 4.47 Å². The highest BCUT2D eigenvalue weighted by Gasteiger charge is 2.52. The minimum atomic E-state index is -3.75. The van der Waals surface area contributed by atoms with Gasteiger partial charge in [0, 0.05) is 59.6 Å². The van der Waals surface area contributed by atoms with Gasteiger partial charge in [-0.2, -0.15) is 0 Å². The van der Waals surface area contributed by atoms with E-state index in [9.17, 15) is 26.4 Å². The minimum absolute atomic E-state index is 0.0415. The predicted octanol–water partition coefficient (Wildman–Crippen LogP) is 24.9. The van der Waals surface area contributed by atoms with Crippen molar-refractivity contribution >= 4 is 249 Å². The smallest absolute Gasteiger partial charge is 0.399 e. The highest BCUT2D eigenvalue weighted by Crippen LogP contribution is 3.28. The zero-order valence-electron chi connectivity index (χ0n) is 54.2. The van der Waals surface area contributed by atoms with Gasteiger partial charge in [0.2, 0.25) is 19.7 Å². The Kier molecular flexibility index (Phi) is 25.9. The van der Waals surface area contributed by atoms with Crippen LogP contribution in [-0.4, -0.2) is 55.9 Å². The van der Waals surface area contributed by atoms with Crippen LogP contribution in [0.5, 0.6) is 0 Å². The molecule has 32 heteroatoms. The van der Waals surface area contributed by atoms with Gasteiger partial charge in [0.25, 0.3) is 0 Å². The standard InChI is InChI=1S/C31H19NO3S.C24H24BNO2.C13H7BrO3S.H20P18/c33-31-25-12-3-6-15-29(25)36(34,35)30-17-16-21(19-26(30)31)20-8-7-9-22(18-20)32-27-13-4-1-10-23(27)24-11-2-5-14-28(24)32;1-23(2)24(3,4)28-25(27-23)17-10-9-11-18(16-17)26-21-14-7-5-12-19(21)20-13-6-8-15-22(20)26;14-8-5-6-12-10(7-8)13(15)9-3-1-2-4-11(9)18(12,16)17;1-11(2)16(12(3)4)18(15(9)10)17(13(5)6)14(7)8/h1-19H;5-16H,1-4H3;1-7H;1-10H2. The van der Waals surface area contributed by atoms with Gasteiger partial charge in [-0.05, 0) is 203 Å². The Bertz CT molecular complexity index is 5260. The number of halogens is 1. The van der Waals surface area contributed by atoms with E-state index in [4.69, 9.17) is 9.31 Å². The minimum Gasteiger partial charge on any atom is -0.399 e. The number of nitrogens with zero attached hydrogens (tertiary/aromatic N) is 2. The maximum atomic E-state index is 13.3. The third-order valence-electron chi connectivity index (χ3n) is 17.4. The Labute approximate surface area is 625 Å². The Hall–Kier alpha value is -0.755. The van der Waals surface area contributed by atoms with Crippen molar-refractivity contribution in [1.82, 2.24) is 9.13 Å². The van der Waals surface area contributed by atoms with Crippen LogP contribution >= 0.6 is 161 Å². The van der Waals surface area contributed by atoms with E-state index in [0.717, 1.165) is 39.0 Å². The van der Waals surface area contributed by atoms with Gasteiger partial charge in [-0.25, -0.2) is 16.8 Å². The molecule has 10 atom stereocenters. The molecule has 0 N–H and O–H groups in total. The summed E-state index contributed by atoms with van der Waals surface area (Å²) >= 11 is 3.25. The molecule has 15 rings (SSSR count). The van der Waals surface area contributed by atoms with Crippen LogP contribution in [0, 0.1) is 0 Å². The summed E-state index contributed by atoms with van der Waals surface area (Å²) in [6.45, 7) is 9.05. The highest BCUT2D eigenvalue weighted by atomic mass is 79.9. The number of ketones is 2. The average Bonchev–Trinajstić information content (AvgIpc) is 1.04. The summed E-state index contributed by atoms with van der Waals surface area (Å²) in [5.41, 5.74) is 9.68. The third kappa shape index (κ3) is 15.9. The second-order valence-electron chi connectivity index (χ2n) is 24.2. The molecule has 0 aliphatic carbocycles. The number of fused-ring (bicyclic) bond motifs is 10. The van der Waals surface area contributed by atoms with Gasteiger partial charge >= 0.3 is 7.12 Å². The average molecular weight is 1760 g/mol. The fourth-order valence-corrected chi connectivity index (χ4v) is 225. The molecule has 100 heavy (non-hydrogen) atoms. The van der Waals surface area contributed by atoms with Crippen LogP contribution in [0.2, 0.25) is 0 Å². The summed E-state index contributed by atoms with van der Waals surface area (Å²) in [7, 11) is 23.5.